The van der Waals surface area contributed by atoms with Gasteiger partial charge < -0.3 is 5.32 Å². The van der Waals surface area contributed by atoms with Crippen LogP contribution in [0.4, 0.5) is 0 Å². The fourth-order valence-corrected chi connectivity index (χ4v) is 2.07. The van der Waals surface area contributed by atoms with Gasteiger partial charge in [0, 0.05) is 15.5 Å². The standard InChI is InChI=1S/C11H13Br2N/c12-10-4-3-9(5-11(10)13)7-14-6-8-1-2-8/h3-5,8,14H,1-2,6-7H2. The largest absolute Gasteiger partial charge is 0.312 e. The van der Waals surface area contributed by atoms with Crippen LogP contribution >= 0.6 is 31.9 Å². The highest BCUT2D eigenvalue weighted by Gasteiger charge is 2.19. The second-order valence-electron chi connectivity index (χ2n) is 3.82. The fraction of sp³-hybridized carbons (Fsp3) is 0.455. The van der Waals surface area contributed by atoms with E-state index in [1.165, 1.54) is 24.9 Å². The highest BCUT2D eigenvalue weighted by Crippen LogP contribution is 2.28. The Hall–Kier alpha value is 0.140. The molecule has 1 aliphatic carbocycles. The zero-order valence-electron chi connectivity index (χ0n) is 7.89. The zero-order valence-corrected chi connectivity index (χ0v) is 11.1. The Morgan fingerprint density at radius 2 is 2.00 bits per heavy atom. The minimum atomic E-state index is 0.953. The normalized spacial score (nSPS) is 15.9. The summed E-state index contributed by atoms with van der Waals surface area (Å²) in [4.78, 5) is 0. The minimum absolute atomic E-state index is 0.953. The molecule has 0 bridgehead atoms. The van der Waals surface area contributed by atoms with E-state index in [0.717, 1.165) is 21.4 Å². The van der Waals surface area contributed by atoms with Gasteiger partial charge in [0.25, 0.3) is 0 Å². The van der Waals surface area contributed by atoms with Gasteiger partial charge in [-0.2, -0.15) is 0 Å². The van der Waals surface area contributed by atoms with Gasteiger partial charge in [0.2, 0.25) is 0 Å². The maximum atomic E-state index is 3.50. The third kappa shape index (κ3) is 3.07. The van der Waals surface area contributed by atoms with E-state index in [2.05, 4.69) is 55.4 Å². The number of nitrogens with one attached hydrogen (secondary N) is 1. The zero-order chi connectivity index (χ0) is 9.97. The van der Waals surface area contributed by atoms with Crippen LogP contribution in [0.5, 0.6) is 0 Å². The highest BCUT2D eigenvalue weighted by atomic mass is 79.9. The molecule has 3 heteroatoms. The molecule has 1 aliphatic rings. The molecule has 1 fully saturated rings. The van der Waals surface area contributed by atoms with Crippen LogP contribution in [0.15, 0.2) is 27.1 Å². The van der Waals surface area contributed by atoms with Gasteiger partial charge in [-0.1, -0.05) is 6.07 Å². The molecule has 0 unspecified atom stereocenters. The van der Waals surface area contributed by atoms with Crippen molar-refractivity contribution in [1.82, 2.24) is 5.32 Å². The third-order valence-electron chi connectivity index (χ3n) is 2.44. The predicted molar refractivity (Wildman–Crippen MR) is 66.3 cm³/mol. The lowest BCUT2D eigenvalue weighted by Crippen LogP contribution is -2.15. The van der Waals surface area contributed by atoms with Crippen molar-refractivity contribution >= 4 is 31.9 Å². The average Bonchev–Trinajstić information content (AvgIpc) is 2.95. The number of rotatable bonds is 4. The molecule has 1 saturated carbocycles. The second kappa shape index (κ2) is 4.77. The summed E-state index contributed by atoms with van der Waals surface area (Å²) in [5.41, 5.74) is 1.33. The van der Waals surface area contributed by atoms with Crippen LogP contribution in [0, 0.1) is 5.92 Å². The van der Waals surface area contributed by atoms with E-state index in [-0.39, 0.29) is 0 Å². The molecule has 1 nitrogen and oxygen atoms in total. The molecule has 2 rings (SSSR count). The smallest absolute Gasteiger partial charge is 0.0320 e. The first-order valence-electron chi connectivity index (χ1n) is 4.90. The van der Waals surface area contributed by atoms with Crippen molar-refractivity contribution in [3.8, 4) is 0 Å². The first kappa shape index (κ1) is 10.7. The van der Waals surface area contributed by atoms with Crippen LogP contribution in [0.1, 0.15) is 18.4 Å². The first-order chi connectivity index (χ1) is 6.75. The SMILES string of the molecule is Brc1ccc(CNCC2CC2)cc1Br. The summed E-state index contributed by atoms with van der Waals surface area (Å²) >= 11 is 6.97. The maximum absolute atomic E-state index is 3.50. The summed E-state index contributed by atoms with van der Waals surface area (Å²) in [5, 5.41) is 3.47. The van der Waals surface area contributed by atoms with Crippen molar-refractivity contribution in [2.75, 3.05) is 6.54 Å². The minimum Gasteiger partial charge on any atom is -0.312 e. The lowest BCUT2D eigenvalue weighted by Gasteiger charge is -2.05. The van der Waals surface area contributed by atoms with E-state index in [4.69, 9.17) is 0 Å². The second-order valence-corrected chi connectivity index (χ2v) is 5.53. The van der Waals surface area contributed by atoms with Crippen molar-refractivity contribution in [2.45, 2.75) is 19.4 Å². The van der Waals surface area contributed by atoms with Gasteiger partial charge in [0.1, 0.15) is 0 Å². The van der Waals surface area contributed by atoms with Crippen LogP contribution in [0.2, 0.25) is 0 Å². The van der Waals surface area contributed by atoms with E-state index in [9.17, 15) is 0 Å². The molecule has 76 valence electrons. The van der Waals surface area contributed by atoms with Crippen LogP contribution in [-0.2, 0) is 6.54 Å². The lowest BCUT2D eigenvalue weighted by atomic mass is 10.2. The Bertz CT molecular complexity index is 321. The first-order valence-corrected chi connectivity index (χ1v) is 6.49. The molecule has 0 atom stereocenters. The molecule has 0 spiro atoms. The third-order valence-corrected chi connectivity index (χ3v) is 4.32. The quantitative estimate of drug-likeness (QED) is 0.892. The molecule has 0 aliphatic heterocycles. The van der Waals surface area contributed by atoms with Gasteiger partial charge >= 0.3 is 0 Å². The Morgan fingerprint density at radius 3 is 2.64 bits per heavy atom. The summed E-state index contributed by atoms with van der Waals surface area (Å²) in [6, 6.07) is 6.39. The maximum Gasteiger partial charge on any atom is 0.0320 e. The van der Waals surface area contributed by atoms with Crippen LogP contribution < -0.4 is 5.32 Å². The number of hydrogen-bond acceptors (Lipinski definition) is 1. The molecule has 14 heavy (non-hydrogen) atoms. The number of hydrogen-bond donors (Lipinski definition) is 1. The van der Waals surface area contributed by atoms with Gasteiger partial charge in [0.15, 0.2) is 0 Å². The lowest BCUT2D eigenvalue weighted by molar-refractivity contribution is 0.638. The van der Waals surface area contributed by atoms with E-state index >= 15 is 0 Å². The molecular weight excluding hydrogens is 306 g/mol. The number of halogens is 2. The van der Waals surface area contributed by atoms with Crippen molar-refractivity contribution in [1.29, 1.82) is 0 Å². The highest BCUT2D eigenvalue weighted by molar-refractivity contribution is 9.13. The molecule has 1 N–H and O–H groups in total. The van der Waals surface area contributed by atoms with Crippen LogP contribution in [-0.4, -0.2) is 6.54 Å². The van der Waals surface area contributed by atoms with Gasteiger partial charge in [-0.3, -0.25) is 0 Å². The molecule has 0 heterocycles. The monoisotopic (exact) mass is 317 g/mol. The molecule has 0 saturated heterocycles. The van der Waals surface area contributed by atoms with E-state index in [0.29, 0.717) is 0 Å². The summed E-state index contributed by atoms with van der Waals surface area (Å²) in [6.45, 7) is 2.15. The summed E-state index contributed by atoms with van der Waals surface area (Å²) in [5.74, 6) is 0.953. The summed E-state index contributed by atoms with van der Waals surface area (Å²) in [6.07, 6.45) is 2.83. The molecule has 0 aromatic heterocycles. The Balaban J connectivity index is 1.85. The predicted octanol–water partition coefficient (Wildman–Crippen LogP) is 3.71. The van der Waals surface area contributed by atoms with Crippen LogP contribution in [0.3, 0.4) is 0 Å². The van der Waals surface area contributed by atoms with E-state index in [1.807, 2.05) is 0 Å². The Kier molecular flexibility index (Phi) is 3.63. The van der Waals surface area contributed by atoms with Crippen molar-refractivity contribution in [3.63, 3.8) is 0 Å². The summed E-state index contributed by atoms with van der Waals surface area (Å²) in [7, 11) is 0. The summed E-state index contributed by atoms with van der Waals surface area (Å²) < 4.78 is 2.24. The number of benzene rings is 1. The molecule has 1 aromatic rings. The molecule has 0 radical (unpaired) electrons. The van der Waals surface area contributed by atoms with Gasteiger partial charge in [-0.25, -0.2) is 0 Å². The Morgan fingerprint density at radius 1 is 1.21 bits per heavy atom. The van der Waals surface area contributed by atoms with Crippen molar-refractivity contribution in [2.24, 2.45) is 5.92 Å². The molecular formula is C11H13Br2N. The topological polar surface area (TPSA) is 12.0 Å². The molecule has 1 aromatic carbocycles. The molecule has 0 amide bonds. The van der Waals surface area contributed by atoms with Gasteiger partial charge in [-0.15, -0.1) is 0 Å². The Labute approximate surface area is 102 Å². The average molecular weight is 319 g/mol. The van der Waals surface area contributed by atoms with Gasteiger partial charge in [0.05, 0.1) is 0 Å². The fourth-order valence-electron chi connectivity index (χ4n) is 1.39. The van der Waals surface area contributed by atoms with Crippen molar-refractivity contribution < 1.29 is 0 Å². The van der Waals surface area contributed by atoms with Gasteiger partial charge in [-0.05, 0) is 74.9 Å². The van der Waals surface area contributed by atoms with Crippen molar-refractivity contribution in [3.05, 3.63) is 32.7 Å². The van der Waals surface area contributed by atoms with E-state index < -0.39 is 0 Å². The van der Waals surface area contributed by atoms with E-state index in [1.54, 1.807) is 0 Å². The van der Waals surface area contributed by atoms with Crippen LogP contribution in [0.25, 0.3) is 0 Å².